The van der Waals surface area contributed by atoms with E-state index in [-0.39, 0.29) is 12.1 Å². The maximum atomic E-state index is 8.04. The summed E-state index contributed by atoms with van der Waals surface area (Å²) in [6, 6.07) is 22.6. The van der Waals surface area contributed by atoms with Crippen LogP contribution >= 0.6 is 0 Å². The lowest BCUT2D eigenvalue weighted by molar-refractivity contribution is 0.291. The zero-order valence-corrected chi connectivity index (χ0v) is 21.2. The average Bonchev–Trinajstić information content (AvgIpc) is 3.59. The van der Waals surface area contributed by atoms with Gasteiger partial charge in [0.05, 0.1) is 18.7 Å². The molecule has 0 fully saturated rings. The summed E-state index contributed by atoms with van der Waals surface area (Å²) < 4.78 is 11.8. The summed E-state index contributed by atoms with van der Waals surface area (Å²) in [5, 5.41) is 0. The van der Waals surface area contributed by atoms with Crippen molar-refractivity contribution < 1.29 is 9.47 Å². The third-order valence-corrected chi connectivity index (χ3v) is 6.88. The number of para-hydroxylation sites is 1. The molecule has 2 atom stereocenters. The van der Waals surface area contributed by atoms with E-state index in [2.05, 4.69) is 44.7 Å². The van der Waals surface area contributed by atoms with Crippen molar-refractivity contribution in [1.29, 1.82) is 0 Å². The second kappa shape index (κ2) is 9.99. The topological polar surface area (TPSA) is 47.5 Å². The van der Waals surface area contributed by atoms with Crippen molar-refractivity contribution in [1.82, 2.24) is 0 Å². The van der Waals surface area contributed by atoms with Crippen LogP contribution in [0.2, 0.25) is 0 Å². The summed E-state index contributed by atoms with van der Waals surface area (Å²) in [5.41, 5.74) is 6.23. The second-order valence-electron chi connectivity index (χ2n) is 10.1. The molecule has 0 N–H and O–H groups in total. The molecule has 2 aliphatic rings. The molecule has 0 amide bonds. The van der Waals surface area contributed by atoms with E-state index in [1.165, 1.54) is 0 Å². The normalized spacial score (nSPS) is 19.0. The van der Waals surface area contributed by atoms with Gasteiger partial charge in [0.25, 0.3) is 0 Å². The van der Waals surface area contributed by atoms with Gasteiger partial charge in [-0.25, -0.2) is 14.8 Å². The Kier molecular flexibility index (Phi) is 6.61. The molecular formula is C31H31N3O2. The molecule has 3 aromatic rings. The van der Waals surface area contributed by atoms with Crippen molar-refractivity contribution in [2.24, 2.45) is 21.8 Å². The number of ether oxygens (including phenoxy) is 2. The minimum absolute atomic E-state index is 0.183. The number of aliphatic imine (C=N–C) groups is 2. The summed E-state index contributed by atoms with van der Waals surface area (Å²) in [6.07, 6.45) is 0. The number of rotatable bonds is 6. The van der Waals surface area contributed by atoms with Gasteiger partial charge in [0.2, 0.25) is 17.5 Å². The molecule has 0 aromatic heterocycles. The zero-order chi connectivity index (χ0) is 25.2. The Morgan fingerprint density at radius 3 is 1.50 bits per heavy atom. The van der Waals surface area contributed by atoms with E-state index in [0.717, 1.165) is 33.4 Å². The van der Waals surface area contributed by atoms with Crippen molar-refractivity contribution in [2.45, 2.75) is 39.8 Å². The van der Waals surface area contributed by atoms with Gasteiger partial charge in [-0.3, -0.25) is 0 Å². The standard InChI is InChI=1S/C31H31N3O2/c1-19(2)27-17-35-30(33-27)23-11-6-9-21(15-23)25-13-8-14-26(29(25)32-5)22-10-7-12-24(16-22)31-34-28(18-36-31)20(3)4/h6-16,19-20,27-28H,17-18H2,1-4H3/t27-,28-/m1/s1. The van der Waals surface area contributed by atoms with E-state index < -0.39 is 0 Å². The van der Waals surface area contributed by atoms with Gasteiger partial charge >= 0.3 is 0 Å². The quantitative estimate of drug-likeness (QED) is 0.353. The molecule has 0 saturated heterocycles. The van der Waals surface area contributed by atoms with Gasteiger partial charge in [-0.15, -0.1) is 0 Å². The summed E-state index contributed by atoms with van der Waals surface area (Å²) in [7, 11) is 0. The van der Waals surface area contributed by atoms with Crippen LogP contribution in [0.1, 0.15) is 38.8 Å². The van der Waals surface area contributed by atoms with E-state index in [1.54, 1.807) is 0 Å². The van der Waals surface area contributed by atoms with Crippen molar-refractivity contribution in [2.75, 3.05) is 13.2 Å². The number of benzene rings is 3. The maximum Gasteiger partial charge on any atom is 0.216 e. The SMILES string of the molecule is [C-]#[N+]c1c(-c2cccc(C3=N[C@@H](C(C)C)CO3)c2)cccc1-c1cccc(C2=N[C@@H](C(C)C)CO2)c1. The molecule has 0 spiro atoms. The Bertz CT molecular complexity index is 1280. The highest BCUT2D eigenvalue weighted by Crippen LogP contribution is 2.40. The molecule has 5 heteroatoms. The molecule has 0 radical (unpaired) electrons. The van der Waals surface area contributed by atoms with Gasteiger partial charge in [0.15, 0.2) is 0 Å². The van der Waals surface area contributed by atoms with Crippen LogP contribution < -0.4 is 0 Å². The Balaban J connectivity index is 1.51. The largest absolute Gasteiger partial charge is 0.475 e. The van der Waals surface area contributed by atoms with Crippen LogP contribution in [0.5, 0.6) is 0 Å². The van der Waals surface area contributed by atoms with Crippen LogP contribution in [-0.2, 0) is 9.47 Å². The first-order chi connectivity index (χ1) is 17.4. The molecule has 3 aromatic carbocycles. The maximum absolute atomic E-state index is 8.04. The minimum atomic E-state index is 0.183. The third-order valence-electron chi connectivity index (χ3n) is 6.88. The molecule has 5 rings (SSSR count). The fourth-order valence-corrected chi connectivity index (χ4v) is 4.55. The highest BCUT2D eigenvalue weighted by Gasteiger charge is 2.24. The Labute approximate surface area is 213 Å². The van der Waals surface area contributed by atoms with Crippen molar-refractivity contribution >= 4 is 17.5 Å². The number of hydrogen-bond donors (Lipinski definition) is 0. The van der Waals surface area contributed by atoms with Crippen LogP contribution in [-0.4, -0.2) is 37.1 Å². The highest BCUT2D eigenvalue weighted by molar-refractivity contribution is 5.99. The first kappa shape index (κ1) is 23.8. The Morgan fingerprint density at radius 2 is 1.11 bits per heavy atom. The van der Waals surface area contributed by atoms with Crippen LogP contribution in [0.15, 0.2) is 76.7 Å². The van der Waals surface area contributed by atoms with Crippen molar-refractivity contribution in [3.05, 3.63) is 89.3 Å². The Morgan fingerprint density at radius 1 is 0.694 bits per heavy atom. The van der Waals surface area contributed by atoms with Gasteiger partial charge in [0.1, 0.15) is 13.2 Å². The molecule has 0 saturated carbocycles. The number of nitrogens with zero attached hydrogens (tertiary/aromatic N) is 3. The van der Waals surface area contributed by atoms with Gasteiger partial charge < -0.3 is 9.47 Å². The van der Waals surface area contributed by atoms with E-state index in [9.17, 15) is 0 Å². The summed E-state index contributed by atoms with van der Waals surface area (Å²) in [4.78, 5) is 13.5. The van der Waals surface area contributed by atoms with Crippen molar-refractivity contribution in [3.8, 4) is 22.3 Å². The molecule has 36 heavy (non-hydrogen) atoms. The van der Waals surface area contributed by atoms with Crippen LogP contribution in [0.4, 0.5) is 5.69 Å². The molecular weight excluding hydrogens is 446 g/mol. The smallest absolute Gasteiger partial charge is 0.216 e. The zero-order valence-electron chi connectivity index (χ0n) is 21.2. The van der Waals surface area contributed by atoms with E-state index in [4.69, 9.17) is 26.0 Å². The van der Waals surface area contributed by atoms with Crippen LogP contribution in [0.3, 0.4) is 0 Å². The predicted molar refractivity (Wildman–Crippen MR) is 146 cm³/mol. The van der Waals surface area contributed by atoms with Gasteiger partial charge in [-0.1, -0.05) is 70.2 Å². The predicted octanol–water partition coefficient (Wildman–Crippen LogP) is 7.17. The minimum Gasteiger partial charge on any atom is -0.475 e. The van der Waals surface area contributed by atoms with Gasteiger partial charge in [0, 0.05) is 11.1 Å². The molecule has 0 bridgehead atoms. The summed E-state index contributed by atoms with van der Waals surface area (Å²) >= 11 is 0. The first-order valence-corrected chi connectivity index (χ1v) is 12.6. The fraction of sp³-hybridized carbons (Fsp3) is 0.323. The summed E-state index contributed by atoms with van der Waals surface area (Å²) in [5.74, 6) is 2.23. The highest BCUT2D eigenvalue weighted by atomic mass is 16.5. The first-order valence-electron chi connectivity index (χ1n) is 12.6. The average molecular weight is 478 g/mol. The summed E-state index contributed by atoms with van der Waals surface area (Å²) in [6.45, 7) is 17.9. The molecule has 2 aliphatic heterocycles. The molecule has 182 valence electrons. The third kappa shape index (κ3) is 4.64. The second-order valence-corrected chi connectivity index (χ2v) is 10.1. The molecule has 0 unspecified atom stereocenters. The molecule has 5 nitrogen and oxygen atoms in total. The monoisotopic (exact) mass is 477 g/mol. The molecule has 0 aliphatic carbocycles. The lowest BCUT2D eigenvalue weighted by Crippen LogP contribution is -2.13. The van der Waals surface area contributed by atoms with Gasteiger partial charge in [-0.05, 0) is 58.4 Å². The number of hydrogen-bond acceptors (Lipinski definition) is 4. The van der Waals surface area contributed by atoms with Crippen LogP contribution in [0, 0.1) is 18.4 Å². The van der Waals surface area contributed by atoms with E-state index in [0.29, 0.717) is 42.5 Å². The fourth-order valence-electron chi connectivity index (χ4n) is 4.55. The van der Waals surface area contributed by atoms with E-state index in [1.807, 2.05) is 54.6 Å². The van der Waals surface area contributed by atoms with Gasteiger partial charge in [-0.2, -0.15) is 0 Å². The van der Waals surface area contributed by atoms with Crippen LogP contribution in [0.25, 0.3) is 27.1 Å². The lowest BCUT2D eigenvalue weighted by Gasteiger charge is -2.12. The van der Waals surface area contributed by atoms with Crippen molar-refractivity contribution in [3.63, 3.8) is 0 Å². The van der Waals surface area contributed by atoms with E-state index >= 15 is 0 Å². The lowest BCUT2D eigenvalue weighted by atomic mass is 9.94. The molecule has 2 heterocycles. The Hall–Kier alpha value is -3.91.